The van der Waals surface area contributed by atoms with Crippen molar-refractivity contribution in [3.05, 3.63) is 72.0 Å². The Balaban J connectivity index is 1.41. The Kier molecular flexibility index (Phi) is 6.73. The number of benzene rings is 2. The first-order chi connectivity index (χ1) is 14.0. The molecule has 1 amide bonds. The van der Waals surface area contributed by atoms with Gasteiger partial charge >= 0.3 is 0 Å². The number of rotatable bonds is 8. The number of halogens is 1. The monoisotopic (exact) mass is 395 g/mol. The average Bonchev–Trinajstić information content (AvgIpc) is 2.74. The summed E-state index contributed by atoms with van der Waals surface area (Å²) in [5.74, 6) is 0.153. The molecule has 0 bridgehead atoms. The van der Waals surface area contributed by atoms with Crippen LogP contribution >= 0.6 is 0 Å². The van der Waals surface area contributed by atoms with E-state index in [4.69, 9.17) is 9.47 Å². The van der Waals surface area contributed by atoms with Crippen LogP contribution in [0.4, 0.5) is 4.39 Å². The number of nitrogens with zero attached hydrogens (tertiary/aromatic N) is 2. The molecule has 1 unspecified atom stereocenters. The minimum atomic E-state index is -0.714. The van der Waals surface area contributed by atoms with Gasteiger partial charge in [-0.25, -0.2) is 4.39 Å². The van der Waals surface area contributed by atoms with Crippen LogP contribution in [0.3, 0.4) is 0 Å². The van der Waals surface area contributed by atoms with Crippen LogP contribution in [0.2, 0.25) is 0 Å². The van der Waals surface area contributed by atoms with Crippen molar-refractivity contribution in [3.63, 3.8) is 0 Å². The third-order valence-electron chi connectivity index (χ3n) is 4.13. The highest BCUT2D eigenvalue weighted by Crippen LogP contribution is 2.18. The number of carbonyl (C=O) groups excluding carboxylic acids is 1. The summed E-state index contributed by atoms with van der Waals surface area (Å²) < 4.78 is 23.9. The summed E-state index contributed by atoms with van der Waals surface area (Å²) in [7, 11) is 0. The van der Waals surface area contributed by atoms with Gasteiger partial charge in [-0.1, -0.05) is 29.8 Å². The molecular weight excluding hydrogens is 373 g/mol. The minimum absolute atomic E-state index is 0.244. The summed E-state index contributed by atoms with van der Waals surface area (Å²) in [5, 5.41) is 10.9. The van der Waals surface area contributed by atoms with Crippen LogP contribution in [0, 0.1) is 12.7 Å². The lowest BCUT2D eigenvalue weighted by Crippen LogP contribution is -2.38. The normalized spacial score (nSPS) is 11.6. The first-order valence-corrected chi connectivity index (χ1v) is 9.25. The number of aryl methyl sites for hydroxylation is 1. The van der Waals surface area contributed by atoms with Gasteiger partial charge < -0.3 is 14.8 Å². The molecule has 0 saturated carbocycles. The summed E-state index contributed by atoms with van der Waals surface area (Å²) in [6.45, 7) is 4.18. The fraction of sp³-hybridized carbons (Fsp3) is 0.227. The third kappa shape index (κ3) is 6.00. The molecule has 0 aliphatic rings. The van der Waals surface area contributed by atoms with E-state index in [1.807, 2.05) is 37.3 Å². The molecule has 6 nitrogen and oxygen atoms in total. The lowest BCUT2D eigenvalue weighted by molar-refractivity contribution is -0.127. The highest BCUT2D eigenvalue weighted by atomic mass is 19.1. The second-order valence-corrected chi connectivity index (χ2v) is 6.48. The molecule has 0 aliphatic carbocycles. The van der Waals surface area contributed by atoms with Crippen molar-refractivity contribution in [2.75, 3.05) is 13.2 Å². The van der Waals surface area contributed by atoms with Crippen LogP contribution in [0.15, 0.2) is 60.7 Å². The van der Waals surface area contributed by atoms with Crippen molar-refractivity contribution < 1.29 is 18.7 Å². The maximum absolute atomic E-state index is 12.9. The van der Waals surface area contributed by atoms with E-state index in [0.29, 0.717) is 11.6 Å². The Bertz CT molecular complexity index is 929. The second-order valence-electron chi connectivity index (χ2n) is 6.48. The number of amides is 1. The second kappa shape index (κ2) is 9.64. The molecule has 150 valence electrons. The van der Waals surface area contributed by atoms with E-state index in [1.165, 1.54) is 29.8 Å². The Morgan fingerprint density at radius 2 is 1.76 bits per heavy atom. The topological polar surface area (TPSA) is 73.3 Å². The molecule has 0 saturated heterocycles. The van der Waals surface area contributed by atoms with Gasteiger partial charge in [-0.2, -0.15) is 0 Å². The van der Waals surface area contributed by atoms with Crippen LogP contribution < -0.4 is 14.8 Å². The van der Waals surface area contributed by atoms with Gasteiger partial charge in [-0.05, 0) is 44.2 Å². The third-order valence-corrected chi connectivity index (χ3v) is 4.13. The Labute approximate surface area is 168 Å². The van der Waals surface area contributed by atoms with Gasteiger partial charge in [0.05, 0.1) is 12.2 Å². The van der Waals surface area contributed by atoms with Crippen molar-refractivity contribution in [2.45, 2.75) is 20.0 Å². The van der Waals surface area contributed by atoms with Gasteiger partial charge in [0.25, 0.3) is 5.91 Å². The maximum atomic E-state index is 12.9. The molecule has 3 aromatic rings. The molecule has 0 aliphatic heterocycles. The zero-order chi connectivity index (χ0) is 20.6. The van der Waals surface area contributed by atoms with Crippen molar-refractivity contribution >= 4 is 5.91 Å². The Hall–Kier alpha value is -3.48. The SMILES string of the molecule is Cc1ccc(-c2ccc(OCCNC(=O)C(C)Oc3ccc(F)cc3)nn2)cc1. The molecule has 7 heteroatoms. The van der Waals surface area contributed by atoms with E-state index < -0.39 is 6.10 Å². The van der Waals surface area contributed by atoms with E-state index in [2.05, 4.69) is 15.5 Å². The highest BCUT2D eigenvalue weighted by molar-refractivity contribution is 5.80. The van der Waals surface area contributed by atoms with E-state index in [1.54, 1.807) is 13.0 Å². The van der Waals surface area contributed by atoms with E-state index in [0.717, 1.165) is 11.3 Å². The fourth-order valence-corrected chi connectivity index (χ4v) is 2.52. The minimum Gasteiger partial charge on any atom is -0.481 e. The number of nitrogens with one attached hydrogen (secondary N) is 1. The molecule has 1 aromatic heterocycles. The molecule has 0 radical (unpaired) electrons. The standard InChI is InChI=1S/C22H22FN3O3/c1-15-3-5-17(6-4-15)20-11-12-21(26-25-20)28-14-13-24-22(27)16(2)29-19-9-7-18(23)8-10-19/h3-12,16H,13-14H2,1-2H3,(H,24,27). The van der Waals surface area contributed by atoms with Gasteiger partial charge in [0, 0.05) is 11.6 Å². The van der Waals surface area contributed by atoms with Gasteiger partial charge in [-0.3, -0.25) is 4.79 Å². The van der Waals surface area contributed by atoms with E-state index in [9.17, 15) is 9.18 Å². The van der Waals surface area contributed by atoms with Crippen molar-refractivity contribution in [2.24, 2.45) is 0 Å². The van der Waals surface area contributed by atoms with Crippen molar-refractivity contribution in [1.29, 1.82) is 0 Å². The Morgan fingerprint density at radius 1 is 1.03 bits per heavy atom. The number of aromatic nitrogens is 2. The molecule has 0 spiro atoms. The zero-order valence-corrected chi connectivity index (χ0v) is 16.3. The van der Waals surface area contributed by atoms with Crippen LogP contribution in [0.1, 0.15) is 12.5 Å². The predicted molar refractivity (Wildman–Crippen MR) is 107 cm³/mol. The van der Waals surface area contributed by atoms with Crippen LogP contribution in [0.25, 0.3) is 11.3 Å². The fourth-order valence-electron chi connectivity index (χ4n) is 2.52. The van der Waals surface area contributed by atoms with Crippen LogP contribution in [-0.2, 0) is 4.79 Å². The Morgan fingerprint density at radius 3 is 2.41 bits per heavy atom. The van der Waals surface area contributed by atoms with Gasteiger partial charge in [0.1, 0.15) is 18.2 Å². The summed E-state index contributed by atoms with van der Waals surface area (Å²) >= 11 is 0. The number of hydrogen-bond acceptors (Lipinski definition) is 5. The van der Waals surface area contributed by atoms with E-state index >= 15 is 0 Å². The van der Waals surface area contributed by atoms with Gasteiger partial charge in [0.2, 0.25) is 5.88 Å². The van der Waals surface area contributed by atoms with Gasteiger partial charge in [0.15, 0.2) is 6.10 Å². The number of hydrogen-bond donors (Lipinski definition) is 1. The summed E-state index contributed by atoms with van der Waals surface area (Å²) in [5.41, 5.74) is 2.93. The largest absolute Gasteiger partial charge is 0.481 e. The zero-order valence-electron chi connectivity index (χ0n) is 16.3. The van der Waals surface area contributed by atoms with Crippen LogP contribution in [-0.4, -0.2) is 35.4 Å². The van der Waals surface area contributed by atoms with Gasteiger partial charge in [-0.15, -0.1) is 10.2 Å². The smallest absolute Gasteiger partial charge is 0.260 e. The molecule has 29 heavy (non-hydrogen) atoms. The molecular formula is C22H22FN3O3. The lowest BCUT2D eigenvalue weighted by atomic mass is 10.1. The summed E-state index contributed by atoms with van der Waals surface area (Å²) in [6.07, 6.45) is -0.714. The highest BCUT2D eigenvalue weighted by Gasteiger charge is 2.14. The van der Waals surface area contributed by atoms with Crippen molar-refractivity contribution in [1.82, 2.24) is 15.5 Å². The lowest BCUT2D eigenvalue weighted by Gasteiger charge is -2.14. The average molecular weight is 395 g/mol. The molecule has 1 atom stereocenters. The number of carbonyl (C=O) groups is 1. The van der Waals surface area contributed by atoms with Crippen LogP contribution in [0.5, 0.6) is 11.6 Å². The number of ether oxygens (including phenoxy) is 2. The first-order valence-electron chi connectivity index (χ1n) is 9.25. The molecule has 2 aromatic carbocycles. The quantitative estimate of drug-likeness (QED) is 0.591. The molecule has 3 rings (SSSR count). The summed E-state index contributed by atoms with van der Waals surface area (Å²) in [4.78, 5) is 12.1. The van der Waals surface area contributed by atoms with E-state index in [-0.39, 0.29) is 24.9 Å². The molecule has 1 heterocycles. The molecule has 0 fully saturated rings. The first kappa shape index (κ1) is 20.3. The molecule has 1 N–H and O–H groups in total. The predicted octanol–water partition coefficient (Wildman–Crippen LogP) is 3.55. The van der Waals surface area contributed by atoms with Crippen molar-refractivity contribution in [3.8, 4) is 22.9 Å². The maximum Gasteiger partial charge on any atom is 0.260 e. The summed E-state index contributed by atoms with van der Waals surface area (Å²) in [6, 6.07) is 17.1.